The van der Waals surface area contributed by atoms with E-state index in [1.165, 1.54) is 16.6 Å². The summed E-state index contributed by atoms with van der Waals surface area (Å²) < 4.78 is 7.51. The maximum atomic E-state index is 13.1. The summed E-state index contributed by atoms with van der Waals surface area (Å²) in [5, 5.41) is 4.42. The Bertz CT molecular complexity index is 1260. The lowest BCUT2D eigenvalue weighted by molar-refractivity contribution is -0.122. The zero-order valence-corrected chi connectivity index (χ0v) is 19.8. The molecule has 1 fully saturated rings. The minimum atomic E-state index is 0.0354. The maximum Gasteiger partial charge on any atom is 0.234 e. The zero-order valence-electron chi connectivity index (χ0n) is 19.8. The highest BCUT2D eigenvalue weighted by atomic mass is 16.5. The number of benzene rings is 2. The highest BCUT2D eigenvalue weighted by Crippen LogP contribution is 2.33. The molecule has 2 atom stereocenters. The van der Waals surface area contributed by atoms with Crippen molar-refractivity contribution >= 4 is 16.8 Å². The van der Waals surface area contributed by atoms with Crippen LogP contribution >= 0.6 is 0 Å². The van der Waals surface area contributed by atoms with Crippen LogP contribution in [0.25, 0.3) is 10.9 Å². The second-order valence-corrected chi connectivity index (χ2v) is 9.09. The Morgan fingerprint density at radius 1 is 1.15 bits per heavy atom. The molecule has 0 spiro atoms. The maximum absolute atomic E-state index is 13.1. The summed E-state index contributed by atoms with van der Waals surface area (Å²) in [7, 11) is 3.75. The van der Waals surface area contributed by atoms with Crippen molar-refractivity contribution in [1.29, 1.82) is 0 Å². The van der Waals surface area contributed by atoms with E-state index in [-0.39, 0.29) is 11.8 Å². The molecule has 1 saturated heterocycles. The summed E-state index contributed by atoms with van der Waals surface area (Å²) in [6.07, 6.45) is 6.35. The molecule has 4 aromatic rings. The smallest absolute Gasteiger partial charge is 0.234 e. The number of fused-ring (bicyclic) bond motifs is 1. The number of hydrogen-bond donors (Lipinski definition) is 2. The van der Waals surface area contributed by atoms with Crippen LogP contribution < -0.4 is 10.1 Å². The first kappa shape index (κ1) is 22.3. The number of carbonyl (C=O) groups is 1. The molecule has 1 aliphatic rings. The lowest BCUT2D eigenvalue weighted by Crippen LogP contribution is -2.39. The van der Waals surface area contributed by atoms with Gasteiger partial charge in [0.05, 0.1) is 19.7 Å². The van der Waals surface area contributed by atoms with Crippen molar-refractivity contribution in [2.45, 2.75) is 24.8 Å². The number of methoxy groups -OCH3 is 1. The van der Waals surface area contributed by atoms with Crippen LogP contribution in [0, 0.1) is 0 Å². The highest BCUT2D eigenvalue weighted by molar-refractivity contribution is 5.84. The molecule has 0 saturated carbocycles. The van der Waals surface area contributed by atoms with E-state index in [1.54, 1.807) is 7.11 Å². The molecule has 5 rings (SSSR count). The molecular formula is C28H32N4O2. The molecule has 34 heavy (non-hydrogen) atoms. The number of aromatic amines is 1. The van der Waals surface area contributed by atoms with Crippen LogP contribution in [-0.2, 0) is 11.8 Å². The van der Waals surface area contributed by atoms with Crippen LogP contribution in [-0.4, -0.2) is 47.1 Å². The van der Waals surface area contributed by atoms with Crippen LogP contribution in [0.3, 0.4) is 0 Å². The number of carbonyl (C=O) groups excluding carboxylic acids is 1. The van der Waals surface area contributed by atoms with Gasteiger partial charge in [-0.25, -0.2) is 0 Å². The van der Waals surface area contributed by atoms with Gasteiger partial charge in [-0.3, -0.25) is 9.69 Å². The number of para-hydroxylation sites is 1. The van der Waals surface area contributed by atoms with Gasteiger partial charge in [0.15, 0.2) is 0 Å². The SMILES string of the molecule is COc1ccc([C@H](CNC(=O)CN2CCC[C@H]2c2cccn2C)c2c[nH]c3ccccc23)cc1. The van der Waals surface area contributed by atoms with E-state index in [4.69, 9.17) is 4.74 Å². The molecule has 2 aromatic heterocycles. The van der Waals surface area contributed by atoms with E-state index < -0.39 is 0 Å². The van der Waals surface area contributed by atoms with Gasteiger partial charge in [0.1, 0.15) is 5.75 Å². The Balaban J connectivity index is 1.33. The van der Waals surface area contributed by atoms with Crippen LogP contribution in [0.1, 0.15) is 41.6 Å². The Labute approximate surface area is 200 Å². The second kappa shape index (κ2) is 9.77. The van der Waals surface area contributed by atoms with Crippen molar-refractivity contribution in [2.75, 3.05) is 26.7 Å². The van der Waals surface area contributed by atoms with Crippen molar-refractivity contribution in [3.8, 4) is 5.75 Å². The number of nitrogens with one attached hydrogen (secondary N) is 2. The van der Waals surface area contributed by atoms with Gasteiger partial charge in [0.25, 0.3) is 0 Å². The van der Waals surface area contributed by atoms with Crippen LogP contribution in [0.4, 0.5) is 0 Å². The molecule has 0 aliphatic carbocycles. The number of amides is 1. The average Bonchev–Trinajstić information content (AvgIpc) is 3.60. The predicted molar refractivity (Wildman–Crippen MR) is 135 cm³/mol. The number of ether oxygens (including phenoxy) is 1. The zero-order chi connectivity index (χ0) is 23.5. The van der Waals surface area contributed by atoms with Crippen LogP contribution in [0.5, 0.6) is 5.75 Å². The normalized spacial score (nSPS) is 17.2. The molecule has 6 heteroatoms. The number of aryl methyl sites for hydroxylation is 1. The first-order valence-electron chi connectivity index (χ1n) is 12.0. The van der Waals surface area contributed by atoms with Gasteiger partial charge in [-0.1, -0.05) is 30.3 Å². The summed E-state index contributed by atoms with van der Waals surface area (Å²) in [6.45, 7) is 1.91. The van der Waals surface area contributed by atoms with E-state index in [2.05, 4.69) is 81.7 Å². The fourth-order valence-corrected chi connectivity index (χ4v) is 5.25. The molecule has 1 aliphatic heterocycles. The van der Waals surface area contributed by atoms with E-state index >= 15 is 0 Å². The van der Waals surface area contributed by atoms with Gasteiger partial charge >= 0.3 is 0 Å². The molecule has 0 bridgehead atoms. The largest absolute Gasteiger partial charge is 0.497 e. The highest BCUT2D eigenvalue weighted by Gasteiger charge is 2.29. The Morgan fingerprint density at radius 3 is 2.74 bits per heavy atom. The standard InChI is InChI=1S/C28H32N4O2/c1-31-15-5-9-26(31)27-10-6-16-32(27)19-28(33)30-17-23(20-11-13-21(34-2)14-12-20)24-18-29-25-8-4-3-7-22(24)25/h3-5,7-9,11-15,18,23,27,29H,6,10,16-17,19H2,1-2H3,(H,30,33)/t23-,27-/m0/s1. The van der Waals surface area contributed by atoms with E-state index in [0.717, 1.165) is 36.2 Å². The third kappa shape index (κ3) is 4.46. The summed E-state index contributed by atoms with van der Waals surface area (Å²) in [5.41, 5.74) is 4.71. The molecule has 176 valence electrons. The van der Waals surface area contributed by atoms with Crippen molar-refractivity contribution in [1.82, 2.24) is 19.8 Å². The fourth-order valence-electron chi connectivity index (χ4n) is 5.25. The Morgan fingerprint density at radius 2 is 1.97 bits per heavy atom. The molecule has 2 N–H and O–H groups in total. The van der Waals surface area contributed by atoms with Crippen molar-refractivity contribution in [3.05, 3.63) is 89.9 Å². The molecule has 3 heterocycles. The van der Waals surface area contributed by atoms with Gasteiger partial charge in [-0.2, -0.15) is 0 Å². The predicted octanol–water partition coefficient (Wildman–Crippen LogP) is 4.60. The number of rotatable bonds is 8. The van der Waals surface area contributed by atoms with E-state index in [1.807, 2.05) is 18.2 Å². The van der Waals surface area contributed by atoms with Crippen molar-refractivity contribution in [2.24, 2.45) is 7.05 Å². The van der Waals surface area contributed by atoms with Crippen LogP contribution in [0.2, 0.25) is 0 Å². The number of likely N-dealkylation sites (tertiary alicyclic amines) is 1. The van der Waals surface area contributed by atoms with Crippen LogP contribution in [0.15, 0.2) is 73.1 Å². The van der Waals surface area contributed by atoms with Gasteiger partial charge in [-0.15, -0.1) is 0 Å². The second-order valence-electron chi connectivity index (χ2n) is 9.09. The third-order valence-corrected chi connectivity index (χ3v) is 7.05. The van der Waals surface area contributed by atoms with Gasteiger partial charge in [0, 0.05) is 48.5 Å². The number of nitrogens with zero attached hydrogens (tertiary/aromatic N) is 2. The lowest BCUT2D eigenvalue weighted by atomic mass is 9.90. The van der Waals surface area contributed by atoms with Gasteiger partial charge in [0.2, 0.25) is 5.91 Å². The fraction of sp³-hybridized carbons (Fsp3) is 0.321. The molecule has 2 aromatic carbocycles. The van der Waals surface area contributed by atoms with Crippen molar-refractivity contribution < 1.29 is 9.53 Å². The Hall–Kier alpha value is -3.51. The molecular weight excluding hydrogens is 424 g/mol. The molecule has 1 amide bonds. The topological polar surface area (TPSA) is 62.3 Å². The number of H-pyrrole nitrogens is 1. The third-order valence-electron chi connectivity index (χ3n) is 7.05. The minimum absolute atomic E-state index is 0.0354. The summed E-state index contributed by atoms with van der Waals surface area (Å²) >= 11 is 0. The molecule has 6 nitrogen and oxygen atoms in total. The van der Waals surface area contributed by atoms with E-state index in [0.29, 0.717) is 19.1 Å². The summed E-state index contributed by atoms with van der Waals surface area (Å²) in [4.78, 5) is 18.8. The summed E-state index contributed by atoms with van der Waals surface area (Å²) in [6, 6.07) is 21.0. The van der Waals surface area contributed by atoms with Crippen molar-refractivity contribution in [3.63, 3.8) is 0 Å². The number of hydrogen-bond acceptors (Lipinski definition) is 3. The van der Waals surface area contributed by atoms with Gasteiger partial charge in [-0.05, 0) is 60.8 Å². The first-order valence-corrected chi connectivity index (χ1v) is 12.0. The quantitative estimate of drug-likeness (QED) is 0.407. The number of aromatic nitrogens is 2. The molecule has 0 unspecified atom stereocenters. The monoisotopic (exact) mass is 456 g/mol. The molecule has 0 radical (unpaired) electrons. The average molecular weight is 457 g/mol. The summed E-state index contributed by atoms with van der Waals surface area (Å²) in [5.74, 6) is 0.930. The Kier molecular flexibility index (Phi) is 6.41. The van der Waals surface area contributed by atoms with Gasteiger partial charge < -0.3 is 19.6 Å². The lowest BCUT2D eigenvalue weighted by Gasteiger charge is -2.25. The minimum Gasteiger partial charge on any atom is -0.497 e. The first-order chi connectivity index (χ1) is 16.6. The van der Waals surface area contributed by atoms with E-state index in [9.17, 15) is 4.79 Å².